The van der Waals surface area contributed by atoms with Crippen molar-refractivity contribution in [2.45, 2.75) is 13.3 Å². The molecular formula is C20H23N3O5. The van der Waals surface area contributed by atoms with Crippen molar-refractivity contribution >= 4 is 23.7 Å². The summed E-state index contributed by atoms with van der Waals surface area (Å²) in [7, 11) is 4.58. The molecule has 0 saturated heterocycles. The van der Waals surface area contributed by atoms with E-state index in [4.69, 9.17) is 14.2 Å². The summed E-state index contributed by atoms with van der Waals surface area (Å²) in [6.07, 6.45) is 1.80. The van der Waals surface area contributed by atoms with E-state index in [2.05, 4.69) is 15.8 Å². The van der Waals surface area contributed by atoms with Crippen molar-refractivity contribution < 1.29 is 23.8 Å². The molecule has 28 heavy (non-hydrogen) atoms. The van der Waals surface area contributed by atoms with Crippen molar-refractivity contribution in [3.05, 3.63) is 47.5 Å². The van der Waals surface area contributed by atoms with Gasteiger partial charge in [0.15, 0.2) is 11.5 Å². The van der Waals surface area contributed by atoms with E-state index in [-0.39, 0.29) is 5.91 Å². The van der Waals surface area contributed by atoms with Crippen LogP contribution in [-0.4, -0.2) is 39.4 Å². The highest BCUT2D eigenvalue weighted by Gasteiger charge is 2.11. The monoisotopic (exact) mass is 385 g/mol. The third-order valence-electron chi connectivity index (χ3n) is 3.84. The van der Waals surface area contributed by atoms with Crippen LogP contribution in [0.1, 0.15) is 29.3 Å². The van der Waals surface area contributed by atoms with Crippen LogP contribution in [0, 0.1) is 0 Å². The minimum atomic E-state index is -0.414. The molecule has 0 unspecified atom stereocenters. The molecule has 0 aliphatic heterocycles. The molecule has 0 aromatic heterocycles. The number of anilines is 1. The lowest BCUT2D eigenvalue weighted by molar-refractivity contribution is -0.115. The predicted octanol–water partition coefficient (Wildman–Crippen LogP) is 2.82. The first-order chi connectivity index (χ1) is 13.5. The zero-order valence-corrected chi connectivity index (χ0v) is 16.2. The summed E-state index contributed by atoms with van der Waals surface area (Å²) in [4.78, 5) is 23.8. The van der Waals surface area contributed by atoms with Gasteiger partial charge in [-0.25, -0.2) is 5.43 Å². The molecule has 148 valence electrons. The summed E-state index contributed by atoms with van der Waals surface area (Å²) >= 11 is 0. The summed E-state index contributed by atoms with van der Waals surface area (Å²) in [5.74, 6) is 1.00. The third-order valence-corrected chi connectivity index (χ3v) is 3.84. The van der Waals surface area contributed by atoms with Crippen molar-refractivity contribution in [1.82, 2.24) is 5.43 Å². The van der Waals surface area contributed by atoms with Crippen molar-refractivity contribution in [2.75, 3.05) is 26.6 Å². The number of carbonyl (C=O) groups is 2. The first-order valence-electron chi connectivity index (χ1n) is 8.55. The fourth-order valence-corrected chi connectivity index (χ4v) is 2.37. The van der Waals surface area contributed by atoms with Crippen LogP contribution in [0.25, 0.3) is 0 Å². The van der Waals surface area contributed by atoms with Crippen LogP contribution in [0.4, 0.5) is 5.69 Å². The molecule has 2 N–H and O–H groups in total. The quantitative estimate of drug-likeness (QED) is 0.538. The van der Waals surface area contributed by atoms with Crippen molar-refractivity contribution in [3.63, 3.8) is 0 Å². The number of benzene rings is 2. The standard InChI is InChI=1S/C20H23N3O5/c1-5-19(24)22-15-8-6-7-13(9-15)20(25)23-21-12-14-10-17(27-3)18(28-4)11-16(14)26-2/h6-12H,5H2,1-4H3,(H,22,24)(H,23,25). The van der Waals surface area contributed by atoms with E-state index in [1.807, 2.05) is 0 Å². The van der Waals surface area contributed by atoms with E-state index in [0.717, 1.165) is 0 Å². The number of hydrazone groups is 1. The van der Waals surface area contributed by atoms with Crippen LogP contribution >= 0.6 is 0 Å². The molecule has 2 aromatic rings. The van der Waals surface area contributed by atoms with Gasteiger partial charge in [0.05, 0.1) is 27.5 Å². The van der Waals surface area contributed by atoms with E-state index in [1.165, 1.54) is 27.5 Å². The van der Waals surface area contributed by atoms with Crippen molar-refractivity contribution in [3.8, 4) is 17.2 Å². The molecule has 0 saturated carbocycles. The van der Waals surface area contributed by atoms with E-state index >= 15 is 0 Å². The smallest absolute Gasteiger partial charge is 0.271 e. The molecule has 0 heterocycles. The van der Waals surface area contributed by atoms with E-state index in [0.29, 0.717) is 40.5 Å². The SMILES string of the molecule is CCC(=O)Nc1cccc(C(=O)NN=Cc2cc(OC)c(OC)cc2OC)c1. The second-order valence-electron chi connectivity index (χ2n) is 5.63. The topological polar surface area (TPSA) is 98.3 Å². The fourth-order valence-electron chi connectivity index (χ4n) is 2.37. The zero-order valence-electron chi connectivity index (χ0n) is 16.2. The van der Waals surface area contributed by atoms with Crippen LogP contribution in [0.15, 0.2) is 41.5 Å². The maximum atomic E-state index is 12.3. The first kappa shape index (κ1) is 20.8. The number of amides is 2. The number of carbonyl (C=O) groups excluding carboxylic acids is 2. The minimum Gasteiger partial charge on any atom is -0.496 e. The second-order valence-corrected chi connectivity index (χ2v) is 5.63. The molecule has 0 atom stereocenters. The summed E-state index contributed by atoms with van der Waals surface area (Å²) in [5.41, 5.74) is 3.96. The van der Waals surface area contributed by atoms with Crippen LogP contribution in [0.5, 0.6) is 17.2 Å². The maximum Gasteiger partial charge on any atom is 0.271 e. The van der Waals surface area contributed by atoms with E-state index in [9.17, 15) is 9.59 Å². The predicted molar refractivity (Wildman–Crippen MR) is 107 cm³/mol. The number of nitrogens with one attached hydrogen (secondary N) is 2. The van der Waals surface area contributed by atoms with E-state index < -0.39 is 5.91 Å². The Labute approximate surface area is 163 Å². The van der Waals surface area contributed by atoms with Gasteiger partial charge in [-0.15, -0.1) is 0 Å². The number of nitrogens with zero attached hydrogens (tertiary/aromatic N) is 1. The summed E-state index contributed by atoms with van der Waals surface area (Å²) < 4.78 is 15.8. The molecule has 2 amide bonds. The average Bonchev–Trinajstić information content (AvgIpc) is 2.73. The van der Waals surface area contributed by atoms with Gasteiger partial charge in [0.25, 0.3) is 5.91 Å². The van der Waals surface area contributed by atoms with Gasteiger partial charge in [-0.2, -0.15) is 5.10 Å². The Morgan fingerprint density at radius 1 is 1.00 bits per heavy atom. The molecule has 8 heteroatoms. The van der Waals surface area contributed by atoms with Gasteiger partial charge in [0.2, 0.25) is 5.91 Å². The molecule has 2 rings (SSSR count). The average molecular weight is 385 g/mol. The highest BCUT2D eigenvalue weighted by atomic mass is 16.5. The van der Waals surface area contributed by atoms with E-state index in [1.54, 1.807) is 43.3 Å². The lowest BCUT2D eigenvalue weighted by atomic mass is 10.2. The molecule has 0 aliphatic carbocycles. The van der Waals surface area contributed by atoms with Gasteiger partial charge < -0.3 is 19.5 Å². The highest BCUT2D eigenvalue weighted by Crippen LogP contribution is 2.33. The fraction of sp³-hybridized carbons (Fsp3) is 0.250. The van der Waals surface area contributed by atoms with Gasteiger partial charge in [0.1, 0.15) is 5.75 Å². The Hall–Kier alpha value is -3.55. The van der Waals surface area contributed by atoms with Gasteiger partial charge in [-0.3, -0.25) is 9.59 Å². The van der Waals surface area contributed by atoms with Crippen LogP contribution in [-0.2, 0) is 4.79 Å². The Kier molecular flexibility index (Phi) is 7.38. The number of rotatable bonds is 8. The summed E-state index contributed by atoms with van der Waals surface area (Å²) in [5, 5.41) is 6.68. The highest BCUT2D eigenvalue weighted by molar-refractivity contribution is 5.97. The molecule has 0 bridgehead atoms. The van der Waals surface area contributed by atoms with Gasteiger partial charge in [-0.05, 0) is 24.3 Å². The molecule has 0 fully saturated rings. The van der Waals surface area contributed by atoms with Crippen LogP contribution < -0.4 is 25.0 Å². The first-order valence-corrected chi connectivity index (χ1v) is 8.55. The number of hydrogen-bond acceptors (Lipinski definition) is 6. The molecule has 8 nitrogen and oxygen atoms in total. The second kappa shape index (κ2) is 9.96. The van der Waals surface area contributed by atoms with Gasteiger partial charge >= 0.3 is 0 Å². The Morgan fingerprint density at radius 3 is 2.32 bits per heavy atom. The molecule has 0 spiro atoms. The molecule has 0 radical (unpaired) electrons. The van der Waals surface area contributed by atoms with Crippen LogP contribution in [0.3, 0.4) is 0 Å². The normalized spacial score (nSPS) is 10.4. The Morgan fingerprint density at radius 2 is 1.68 bits per heavy atom. The molecule has 0 aliphatic rings. The zero-order chi connectivity index (χ0) is 20.5. The maximum absolute atomic E-state index is 12.3. The summed E-state index contributed by atoms with van der Waals surface area (Å²) in [6.45, 7) is 1.75. The van der Waals surface area contributed by atoms with Crippen molar-refractivity contribution in [2.24, 2.45) is 5.10 Å². The Bertz CT molecular complexity index is 880. The lowest BCUT2D eigenvalue weighted by Crippen LogP contribution is -2.18. The number of methoxy groups -OCH3 is 3. The van der Waals surface area contributed by atoms with Crippen LogP contribution in [0.2, 0.25) is 0 Å². The molecular weight excluding hydrogens is 362 g/mol. The van der Waals surface area contributed by atoms with Gasteiger partial charge in [0, 0.05) is 29.3 Å². The lowest BCUT2D eigenvalue weighted by Gasteiger charge is -2.11. The minimum absolute atomic E-state index is 0.129. The largest absolute Gasteiger partial charge is 0.496 e. The number of ether oxygens (including phenoxy) is 3. The molecule has 2 aromatic carbocycles. The van der Waals surface area contributed by atoms with Crippen molar-refractivity contribution in [1.29, 1.82) is 0 Å². The third kappa shape index (κ3) is 5.23. The Balaban J connectivity index is 2.13. The number of hydrogen-bond donors (Lipinski definition) is 2. The van der Waals surface area contributed by atoms with Gasteiger partial charge in [-0.1, -0.05) is 13.0 Å². The summed E-state index contributed by atoms with van der Waals surface area (Å²) in [6, 6.07) is 9.96.